The number of alkyl halides is 1. The number of amides is 1. The molecular formula is C15H20BrNO. The average Bonchev–Trinajstić information content (AvgIpc) is 2.77. The van der Waals surface area contributed by atoms with Crippen LogP contribution in [0.1, 0.15) is 34.3 Å². The molecule has 1 unspecified atom stereocenters. The number of rotatable bonds is 3. The monoisotopic (exact) mass is 309 g/mol. The summed E-state index contributed by atoms with van der Waals surface area (Å²) in [4.78, 5) is 14.4. The maximum Gasteiger partial charge on any atom is 0.254 e. The summed E-state index contributed by atoms with van der Waals surface area (Å²) in [7, 11) is 0. The van der Waals surface area contributed by atoms with Crippen LogP contribution < -0.4 is 0 Å². The lowest BCUT2D eigenvalue weighted by Crippen LogP contribution is -2.29. The smallest absolute Gasteiger partial charge is 0.254 e. The number of benzene rings is 1. The predicted octanol–water partition coefficient (Wildman–Crippen LogP) is 3.55. The van der Waals surface area contributed by atoms with Crippen LogP contribution in [0.15, 0.2) is 18.2 Å². The Bertz CT molecular complexity index is 444. The van der Waals surface area contributed by atoms with Crippen molar-refractivity contribution >= 4 is 21.8 Å². The SMILES string of the molecule is Cc1ccc(C(=O)N2CCC(CCBr)C2)c(C)c1. The van der Waals surface area contributed by atoms with Gasteiger partial charge < -0.3 is 4.90 Å². The first-order valence-corrected chi connectivity index (χ1v) is 7.66. The van der Waals surface area contributed by atoms with Gasteiger partial charge in [0.05, 0.1) is 0 Å². The summed E-state index contributed by atoms with van der Waals surface area (Å²) in [5.74, 6) is 0.864. The zero-order valence-electron chi connectivity index (χ0n) is 11.1. The van der Waals surface area contributed by atoms with E-state index in [4.69, 9.17) is 0 Å². The maximum atomic E-state index is 12.4. The first-order chi connectivity index (χ1) is 8.61. The number of carbonyl (C=O) groups excluding carboxylic acids is 1. The van der Waals surface area contributed by atoms with Crippen molar-refractivity contribution in [3.63, 3.8) is 0 Å². The lowest BCUT2D eigenvalue weighted by Gasteiger charge is -2.18. The van der Waals surface area contributed by atoms with E-state index >= 15 is 0 Å². The Morgan fingerprint density at radius 1 is 1.44 bits per heavy atom. The van der Waals surface area contributed by atoms with E-state index in [0.717, 1.165) is 42.4 Å². The summed E-state index contributed by atoms with van der Waals surface area (Å²) in [5.41, 5.74) is 3.16. The minimum absolute atomic E-state index is 0.199. The predicted molar refractivity (Wildman–Crippen MR) is 78.3 cm³/mol. The summed E-state index contributed by atoms with van der Waals surface area (Å²) in [5, 5.41) is 1.03. The Hall–Kier alpha value is -0.830. The molecule has 98 valence electrons. The van der Waals surface area contributed by atoms with Crippen LogP contribution in [0.25, 0.3) is 0 Å². The second-order valence-corrected chi connectivity index (χ2v) is 5.99. The van der Waals surface area contributed by atoms with Crippen molar-refractivity contribution in [1.82, 2.24) is 4.90 Å². The number of likely N-dealkylation sites (tertiary alicyclic amines) is 1. The third kappa shape index (κ3) is 2.94. The molecule has 1 aliphatic heterocycles. The summed E-state index contributed by atoms with van der Waals surface area (Å²) in [6.45, 7) is 5.90. The molecule has 1 aliphatic rings. The summed E-state index contributed by atoms with van der Waals surface area (Å²) in [6, 6.07) is 6.07. The van der Waals surface area contributed by atoms with Crippen molar-refractivity contribution in [2.24, 2.45) is 5.92 Å². The minimum atomic E-state index is 0.199. The van der Waals surface area contributed by atoms with Gasteiger partial charge in [0, 0.05) is 24.0 Å². The highest BCUT2D eigenvalue weighted by atomic mass is 79.9. The van der Waals surface area contributed by atoms with Crippen LogP contribution in [-0.2, 0) is 0 Å². The van der Waals surface area contributed by atoms with Crippen LogP contribution in [0.2, 0.25) is 0 Å². The molecule has 0 aromatic heterocycles. The Morgan fingerprint density at radius 3 is 2.89 bits per heavy atom. The lowest BCUT2D eigenvalue weighted by molar-refractivity contribution is 0.0786. The molecular weight excluding hydrogens is 290 g/mol. The zero-order chi connectivity index (χ0) is 13.1. The molecule has 1 heterocycles. The molecule has 0 radical (unpaired) electrons. The molecule has 18 heavy (non-hydrogen) atoms. The standard InChI is InChI=1S/C15H20BrNO/c1-11-3-4-14(12(2)9-11)15(18)17-8-6-13(10-17)5-7-16/h3-4,9,13H,5-8,10H2,1-2H3. The molecule has 1 saturated heterocycles. The summed E-state index contributed by atoms with van der Waals surface area (Å²) >= 11 is 3.48. The van der Waals surface area contributed by atoms with E-state index < -0.39 is 0 Å². The molecule has 1 fully saturated rings. The van der Waals surface area contributed by atoms with E-state index in [9.17, 15) is 4.79 Å². The number of aryl methyl sites for hydroxylation is 2. The van der Waals surface area contributed by atoms with Gasteiger partial charge in [-0.1, -0.05) is 33.6 Å². The highest BCUT2D eigenvalue weighted by Crippen LogP contribution is 2.23. The van der Waals surface area contributed by atoms with Gasteiger partial charge in [-0.25, -0.2) is 0 Å². The fourth-order valence-electron chi connectivity index (χ4n) is 2.63. The molecule has 0 spiro atoms. The van der Waals surface area contributed by atoms with Crippen molar-refractivity contribution in [2.75, 3.05) is 18.4 Å². The van der Waals surface area contributed by atoms with Gasteiger partial charge in [0.2, 0.25) is 0 Å². The topological polar surface area (TPSA) is 20.3 Å². The number of carbonyl (C=O) groups is 1. The molecule has 1 aromatic carbocycles. The Kier molecular flexibility index (Phi) is 4.44. The maximum absolute atomic E-state index is 12.4. The van der Waals surface area contributed by atoms with E-state index in [1.165, 1.54) is 5.56 Å². The molecule has 2 rings (SSSR count). The minimum Gasteiger partial charge on any atom is -0.338 e. The quantitative estimate of drug-likeness (QED) is 0.782. The van der Waals surface area contributed by atoms with Crippen molar-refractivity contribution in [3.05, 3.63) is 34.9 Å². The first-order valence-electron chi connectivity index (χ1n) is 6.54. The second kappa shape index (κ2) is 5.87. The van der Waals surface area contributed by atoms with Crippen LogP contribution in [0.3, 0.4) is 0 Å². The van der Waals surface area contributed by atoms with E-state index in [0.29, 0.717) is 5.92 Å². The molecule has 0 bridgehead atoms. The number of nitrogens with zero attached hydrogens (tertiary/aromatic N) is 1. The van der Waals surface area contributed by atoms with Gasteiger partial charge in [-0.3, -0.25) is 4.79 Å². The van der Waals surface area contributed by atoms with Crippen LogP contribution in [0.4, 0.5) is 0 Å². The van der Waals surface area contributed by atoms with Gasteiger partial charge in [0.1, 0.15) is 0 Å². The van der Waals surface area contributed by atoms with E-state index in [1.807, 2.05) is 24.0 Å². The summed E-state index contributed by atoms with van der Waals surface area (Å²) < 4.78 is 0. The van der Waals surface area contributed by atoms with Crippen molar-refractivity contribution in [1.29, 1.82) is 0 Å². The van der Waals surface area contributed by atoms with Gasteiger partial charge in [-0.15, -0.1) is 0 Å². The third-order valence-corrected chi connectivity index (χ3v) is 4.16. The van der Waals surface area contributed by atoms with Gasteiger partial charge in [-0.2, -0.15) is 0 Å². The normalized spacial score (nSPS) is 19.3. The Balaban J connectivity index is 2.08. The zero-order valence-corrected chi connectivity index (χ0v) is 12.7. The molecule has 1 atom stereocenters. The number of hydrogen-bond acceptors (Lipinski definition) is 1. The average molecular weight is 310 g/mol. The van der Waals surface area contributed by atoms with Crippen LogP contribution in [0.5, 0.6) is 0 Å². The van der Waals surface area contributed by atoms with E-state index in [1.54, 1.807) is 0 Å². The second-order valence-electron chi connectivity index (χ2n) is 5.20. The highest BCUT2D eigenvalue weighted by molar-refractivity contribution is 9.09. The molecule has 0 aliphatic carbocycles. The molecule has 1 amide bonds. The van der Waals surface area contributed by atoms with Crippen LogP contribution in [0, 0.1) is 19.8 Å². The van der Waals surface area contributed by atoms with E-state index in [2.05, 4.69) is 28.9 Å². The molecule has 0 N–H and O–H groups in total. The van der Waals surface area contributed by atoms with Crippen molar-refractivity contribution < 1.29 is 4.79 Å². The molecule has 1 aromatic rings. The van der Waals surface area contributed by atoms with Gasteiger partial charge in [0.25, 0.3) is 5.91 Å². The molecule has 3 heteroatoms. The van der Waals surface area contributed by atoms with Crippen LogP contribution in [-0.4, -0.2) is 29.2 Å². The molecule has 2 nitrogen and oxygen atoms in total. The van der Waals surface area contributed by atoms with Crippen LogP contribution >= 0.6 is 15.9 Å². The van der Waals surface area contributed by atoms with Crippen molar-refractivity contribution in [3.8, 4) is 0 Å². The lowest BCUT2D eigenvalue weighted by atomic mass is 10.0. The fraction of sp³-hybridized carbons (Fsp3) is 0.533. The Labute approximate surface area is 117 Å². The number of hydrogen-bond donors (Lipinski definition) is 0. The third-order valence-electron chi connectivity index (χ3n) is 3.70. The van der Waals surface area contributed by atoms with Crippen molar-refractivity contribution in [2.45, 2.75) is 26.7 Å². The van der Waals surface area contributed by atoms with E-state index in [-0.39, 0.29) is 5.91 Å². The largest absolute Gasteiger partial charge is 0.338 e. The highest BCUT2D eigenvalue weighted by Gasteiger charge is 2.26. The van der Waals surface area contributed by atoms with Gasteiger partial charge in [0.15, 0.2) is 0 Å². The molecule has 0 saturated carbocycles. The fourth-order valence-corrected chi connectivity index (χ4v) is 3.28. The van der Waals surface area contributed by atoms with Gasteiger partial charge in [-0.05, 0) is 44.2 Å². The summed E-state index contributed by atoms with van der Waals surface area (Å²) in [6.07, 6.45) is 2.30. The Morgan fingerprint density at radius 2 is 2.22 bits per heavy atom. The first kappa shape index (κ1) is 13.6. The number of halogens is 1. The van der Waals surface area contributed by atoms with Gasteiger partial charge >= 0.3 is 0 Å².